The number of hydrogen-bond donors (Lipinski definition) is 1. The van der Waals surface area contributed by atoms with E-state index in [-0.39, 0.29) is 27.2 Å². The van der Waals surface area contributed by atoms with E-state index in [1.54, 1.807) is 18.2 Å². The third kappa shape index (κ3) is 5.84. The van der Waals surface area contributed by atoms with Gasteiger partial charge < -0.3 is 10.2 Å². The molecule has 10 heteroatoms. The zero-order valence-electron chi connectivity index (χ0n) is 14.1. The third-order valence-corrected chi connectivity index (χ3v) is 6.02. The monoisotopic (exact) mass is 448 g/mol. The fraction of sp³-hybridized carbons (Fsp3) is 0.176. The number of likely N-dealkylation sites (N-methyl/N-ethyl adjacent to an activating group) is 1. The standard InChI is InChI=1S/C17H15Cl3N2O4S/c1-22(9-15(23)21-17-13(19)3-2-4-14(17)20)16(24)10-27(25,26)12-7-5-11(18)6-8-12/h2-8H,9-10H2,1H3,(H,21,23). The van der Waals surface area contributed by atoms with E-state index in [0.29, 0.717) is 5.02 Å². The summed E-state index contributed by atoms with van der Waals surface area (Å²) in [6, 6.07) is 10.2. The van der Waals surface area contributed by atoms with Crippen LogP contribution in [0.5, 0.6) is 0 Å². The number of anilines is 1. The van der Waals surface area contributed by atoms with Gasteiger partial charge >= 0.3 is 0 Å². The van der Waals surface area contributed by atoms with Crippen LogP contribution >= 0.6 is 34.8 Å². The summed E-state index contributed by atoms with van der Waals surface area (Å²) in [5, 5.41) is 3.38. The summed E-state index contributed by atoms with van der Waals surface area (Å²) in [5.41, 5.74) is 0.223. The number of amides is 2. The summed E-state index contributed by atoms with van der Waals surface area (Å²) in [5.74, 6) is -2.07. The Morgan fingerprint density at radius 1 is 1.00 bits per heavy atom. The molecule has 0 aliphatic heterocycles. The van der Waals surface area contributed by atoms with Crippen molar-refractivity contribution in [1.29, 1.82) is 0 Å². The van der Waals surface area contributed by atoms with Gasteiger partial charge in [-0.05, 0) is 36.4 Å². The predicted molar refractivity (Wildman–Crippen MR) is 106 cm³/mol. The van der Waals surface area contributed by atoms with Gasteiger partial charge in [0.15, 0.2) is 9.84 Å². The van der Waals surface area contributed by atoms with Crippen LogP contribution in [0.25, 0.3) is 0 Å². The van der Waals surface area contributed by atoms with E-state index in [1.165, 1.54) is 31.3 Å². The molecule has 0 aliphatic rings. The molecule has 0 radical (unpaired) electrons. The molecule has 0 heterocycles. The second-order valence-corrected chi connectivity index (χ2v) is 8.85. The highest BCUT2D eigenvalue weighted by Gasteiger charge is 2.23. The van der Waals surface area contributed by atoms with Gasteiger partial charge in [0.25, 0.3) is 0 Å². The lowest BCUT2D eigenvalue weighted by Gasteiger charge is -2.17. The van der Waals surface area contributed by atoms with Crippen molar-refractivity contribution < 1.29 is 18.0 Å². The SMILES string of the molecule is CN(CC(=O)Nc1c(Cl)cccc1Cl)C(=O)CS(=O)(=O)c1ccc(Cl)cc1. The van der Waals surface area contributed by atoms with Gasteiger partial charge in [0.05, 0.1) is 27.2 Å². The van der Waals surface area contributed by atoms with Crippen LogP contribution in [0.1, 0.15) is 0 Å². The number of carbonyl (C=O) groups excluding carboxylic acids is 2. The smallest absolute Gasteiger partial charge is 0.244 e. The molecule has 0 spiro atoms. The first-order valence-corrected chi connectivity index (χ1v) is 10.3. The maximum atomic E-state index is 12.3. The van der Waals surface area contributed by atoms with Gasteiger partial charge in [0.2, 0.25) is 11.8 Å². The molecule has 1 N–H and O–H groups in total. The molecule has 0 aliphatic carbocycles. The van der Waals surface area contributed by atoms with Crippen molar-refractivity contribution >= 4 is 62.1 Å². The molecule has 0 atom stereocenters. The first-order chi connectivity index (χ1) is 12.6. The summed E-state index contributed by atoms with van der Waals surface area (Å²) in [6.45, 7) is -0.365. The summed E-state index contributed by atoms with van der Waals surface area (Å²) in [7, 11) is -2.53. The molecule has 0 fully saturated rings. The van der Waals surface area contributed by atoms with E-state index < -0.39 is 27.4 Å². The number of benzene rings is 2. The number of hydrogen-bond acceptors (Lipinski definition) is 4. The van der Waals surface area contributed by atoms with E-state index in [0.717, 1.165) is 4.90 Å². The van der Waals surface area contributed by atoms with E-state index in [4.69, 9.17) is 34.8 Å². The first-order valence-electron chi connectivity index (χ1n) is 7.56. The predicted octanol–water partition coefficient (Wildman–Crippen LogP) is 3.52. The zero-order chi connectivity index (χ0) is 20.2. The topological polar surface area (TPSA) is 83.6 Å². The average molecular weight is 450 g/mol. The Morgan fingerprint density at radius 3 is 2.11 bits per heavy atom. The Hall–Kier alpha value is -1.80. The number of nitrogens with zero attached hydrogens (tertiary/aromatic N) is 1. The van der Waals surface area contributed by atoms with Gasteiger partial charge in [0.1, 0.15) is 5.75 Å². The van der Waals surface area contributed by atoms with Crippen LogP contribution in [0.15, 0.2) is 47.4 Å². The fourth-order valence-electron chi connectivity index (χ4n) is 2.10. The second kappa shape index (κ2) is 8.93. The molecule has 2 rings (SSSR count). The molecule has 6 nitrogen and oxygen atoms in total. The Morgan fingerprint density at radius 2 is 1.56 bits per heavy atom. The van der Waals surface area contributed by atoms with Crippen molar-refractivity contribution in [2.75, 3.05) is 24.7 Å². The third-order valence-electron chi connectivity index (χ3n) is 3.52. The van der Waals surface area contributed by atoms with Crippen molar-refractivity contribution in [3.63, 3.8) is 0 Å². The summed E-state index contributed by atoms with van der Waals surface area (Å²) >= 11 is 17.7. The minimum atomic E-state index is -3.85. The van der Waals surface area contributed by atoms with Crippen LogP contribution in [-0.2, 0) is 19.4 Å². The summed E-state index contributed by atoms with van der Waals surface area (Å²) < 4.78 is 24.6. The number of nitrogens with one attached hydrogen (secondary N) is 1. The molecule has 0 saturated heterocycles. The molecular weight excluding hydrogens is 435 g/mol. The first kappa shape index (κ1) is 21.5. The molecule has 2 aromatic carbocycles. The highest BCUT2D eigenvalue weighted by molar-refractivity contribution is 7.92. The van der Waals surface area contributed by atoms with Crippen LogP contribution in [0, 0.1) is 0 Å². The summed E-state index contributed by atoms with van der Waals surface area (Å²) in [6.07, 6.45) is 0. The lowest BCUT2D eigenvalue weighted by atomic mass is 10.3. The van der Waals surface area contributed by atoms with Gasteiger partial charge in [-0.15, -0.1) is 0 Å². The van der Waals surface area contributed by atoms with Crippen LogP contribution < -0.4 is 5.32 Å². The normalized spacial score (nSPS) is 11.1. The minimum Gasteiger partial charge on any atom is -0.336 e. The van der Waals surface area contributed by atoms with Crippen molar-refractivity contribution in [2.24, 2.45) is 0 Å². The zero-order valence-corrected chi connectivity index (χ0v) is 17.2. The van der Waals surface area contributed by atoms with Crippen LogP contribution in [0.3, 0.4) is 0 Å². The van der Waals surface area contributed by atoms with Gasteiger partial charge in [-0.25, -0.2) is 8.42 Å². The maximum Gasteiger partial charge on any atom is 0.244 e. The summed E-state index contributed by atoms with van der Waals surface area (Å²) in [4.78, 5) is 25.3. The molecule has 0 bridgehead atoms. The van der Waals surface area contributed by atoms with Gasteiger partial charge in [-0.2, -0.15) is 0 Å². The van der Waals surface area contributed by atoms with Crippen molar-refractivity contribution in [3.05, 3.63) is 57.5 Å². The lowest BCUT2D eigenvalue weighted by Crippen LogP contribution is -2.38. The molecule has 0 aromatic heterocycles. The molecule has 144 valence electrons. The van der Waals surface area contributed by atoms with Gasteiger partial charge in [-0.1, -0.05) is 40.9 Å². The number of halogens is 3. The van der Waals surface area contributed by atoms with Crippen LogP contribution in [0.4, 0.5) is 5.69 Å². The lowest BCUT2D eigenvalue weighted by molar-refractivity contribution is -0.131. The fourth-order valence-corrected chi connectivity index (χ4v) is 3.98. The van der Waals surface area contributed by atoms with Crippen LogP contribution in [0.2, 0.25) is 15.1 Å². The quantitative estimate of drug-likeness (QED) is 0.731. The Kier molecular flexibility index (Phi) is 7.11. The van der Waals surface area contributed by atoms with Crippen LogP contribution in [-0.4, -0.2) is 44.5 Å². The minimum absolute atomic E-state index is 0.0269. The highest BCUT2D eigenvalue weighted by Crippen LogP contribution is 2.29. The van der Waals surface area contributed by atoms with Gasteiger partial charge in [-0.3, -0.25) is 9.59 Å². The Balaban J connectivity index is 2.00. The molecule has 0 saturated carbocycles. The average Bonchev–Trinajstić information content (AvgIpc) is 2.58. The van der Waals surface area contributed by atoms with Crippen molar-refractivity contribution in [2.45, 2.75) is 4.90 Å². The van der Waals surface area contributed by atoms with E-state index in [9.17, 15) is 18.0 Å². The van der Waals surface area contributed by atoms with Gasteiger partial charge in [0, 0.05) is 12.1 Å². The molecule has 2 amide bonds. The second-order valence-electron chi connectivity index (χ2n) is 5.61. The molecule has 0 unspecified atom stereocenters. The molecule has 27 heavy (non-hydrogen) atoms. The number of sulfone groups is 1. The van der Waals surface area contributed by atoms with Crippen molar-refractivity contribution in [3.8, 4) is 0 Å². The largest absolute Gasteiger partial charge is 0.336 e. The number of para-hydroxylation sites is 1. The Bertz CT molecular complexity index is 942. The van der Waals surface area contributed by atoms with E-state index in [1.807, 2.05) is 0 Å². The highest BCUT2D eigenvalue weighted by atomic mass is 35.5. The van der Waals surface area contributed by atoms with E-state index in [2.05, 4.69) is 5.32 Å². The molecular formula is C17H15Cl3N2O4S. The Labute approximate surface area is 171 Å². The molecule has 2 aromatic rings. The van der Waals surface area contributed by atoms with E-state index >= 15 is 0 Å². The maximum absolute atomic E-state index is 12.3. The number of rotatable bonds is 6. The van der Waals surface area contributed by atoms with Crippen molar-refractivity contribution in [1.82, 2.24) is 4.90 Å². The number of carbonyl (C=O) groups is 2.